The van der Waals surface area contributed by atoms with E-state index in [2.05, 4.69) is 6.92 Å². The molecule has 0 aliphatic heterocycles. The Bertz CT molecular complexity index is 593. The molecule has 0 aromatic carbocycles. The Balaban J connectivity index is 1.69. The van der Waals surface area contributed by atoms with Crippen LogP contribution >= 0.6 is 0 Å². The molecule has 4 N–H and O–H groups in total. The molecule has 4 saturated carbocycles. The molecule has 0 radical (unpaired) electrons. The van der Waals surface area contributed by atoms with Gasteiger partial charge in [-0.05, 0) is 80.5 Å². The molecule has 0 heterocycles. The van der Waals surface area contributed by atoms with E-state index in [0.29, 0.717) is 24.7 Å². The van der Waals surface area contributed by atoms with Gasteiger partial charge in [0.25, 0.3) is 0 Å². The van der Waals surface area contributed by atoms with Crippen LogP contribution in [0.3, 0.4) is 0 Å². The first-order chi connectivity index (χ1) is 12.2. The standard InChI is InChI=1S/C21H34O5/c1-19-7-5-13(23)9-12(19)3-4-14-15-6-8-21(26,17(25)11-22)20(15,2)10-16(24)18(14)19/h12-16,18,22-24,26H,3-11H2,1-2H3/t12-,13-,14-,15-,16+,18+,19+,20+,21+/m1/s1. The molecule has 0 spiro atoms. The van der Waals surface area contributed by atoms with Gasteiger partial charge in [0.05, 0.1) is 12.2 Å². The highest BCUT2D eigenvalue weighted by Crippen LogP contribution is 2.68. The highest BCUT2D eigenvalue weighted by atomic mass is 16.3. The van der Waals surface area contributed by atoms with Gasteiger partial charge < -0.3 is 20.4 Å². The SMILES string of the molecule is C[C@]12CC[C@@H](O)C[C@H]1CC[C@H]1[C@H]2[C@@H](O)C[C@@]2(C)[C@@H]1CC[C@]2(O)C(=O)CO. The molecule has 0 amide bonds. The molecule has 5 nitrogen and oxygen atoms in total. The van der Waals surface area contributed by atoms with Crippen LogP contribution in [-0.4, -0.2) is 50.6 Å². The van der Waals surface area contributed by atoms with Crippen molar-refractivity contribution in [2.24, 2.45) is 34.5 Å². The maximum Gasteiger partial charge on any atom is 0.190 e. The van der Waals surface area contributed by atoms with Crippen LogP contribution in [-0.2, 0) is 4.79 Å². The Morgan fingerprint density at radius 2 is 1.81 bits per heavy atom. The van der Waals surface area contributed by atoms with Gasteiger partial charge in [-0.3, -0.25) is 4.79 Å². The zero-order valence-electron chi connectivity index (χ0n) is 16.0. The molecule has 4 rings (SSSR count). The molecule has 26 heavy (non-hydrogen) atoms. The number of ketones is 1. The number of aliphatic hydroxyl groups is 4. The minimum Gasteiger partial charge on any atom is -0.393 e. The van der Waals surface area contributed by atoms with E-state index < -0.39 is 29.5 Å². The molecule has 4 aliphatic carbocycles. The molecule has 0 aromatic heterocycles. The number of carbonyl (C=O) groups excluding carboxylic acids is 1. The van der Waals surface area contributed by atoms with Gasteiger partial charge in [-0.2, -0.15) is 0 Å². The first kappa shape index (κ1) is 18.9. The number of carbonyl (C=O) groups is 1. The molecule has 0 unspecified atom stereocenters. The van der Waals surface area contributed by atoms with E-state index in [-0.39, 0.29) is 23.4 Å². The maximum absolute atomic E-state index is 12.4. The zero-order chi connectivity index (χ0) is 18.9. The smallest absolute Gasteiger partial charge is 0.190 e. The van der Waals surface area contributed by atoms with Crippen molar-refractivity contribution in [2.45, 2.75) is 83.0 Å². The van der Waals surface area contributed by atoms with E-state index in [4.69, 9.17) is 0 Å². The summed E-state index contributed by atoms with van der Waals surface area (Å²) in [6.45, 7) is 3.61. The number of hydrogen-bond donors (Lipinski definition) is 4. The van der Waals surface area contributed by atoms with Crippen molar-refractivity contribution in [3.05, 3.63) is 0 Å². The van der Waals surface area contributed by atoms with Crippen LogP contribution in [0.1, 0.15) is 65.2 Å². The van der Waals surface area contributed by atoms with Gasteiger partial charge in [-0.25, -0.2) is 0 Å². The maximum atomic E-state index is 12.4. The van der Waals surface area contributed by atoms with E-state index in [0.717, 1.165) is 38.5 Å². The van der Waals surface area contributed by atoms with Gasteiger partial charge >= 0.3 is 0 Å². The number of aliphatic hydroxyl groups excluding tert-OH is 3. The summed E-state index contributed by atoms with van der Waals surface area (Å²) in [7, 11) is 0. The third-order valence-corrected chi connectivity index (χ3v) is 9.33. The van der Waals surface area contributed by atoms with E-state index in [1.54, 1.807) is 0 Å². The third-order valence-electron chi connectivity index (χ3n) is 9.33. The fraction of sp³-hybridized carbons (Fsp3) is 0.952. The molecule has 0 aromatic rings. The average Bonchev–Trinajstić information content (AvgIpc) is 2.86. The summed E-state index contributed by atoms with van der Waals surface area (Å²) in [5.41, 5.74) is -2.14. The van der Waals surface area contributed by atoms with Crippen LogP contribution in [0.4, 0.5) is 0 Å². The monoisotopic (exact) mass is 366 g/mol. The lowest BCUT2D eigenvalue weighted by Gasteiger charge is -2.62. The second-order valence-corrected chi connectivity index (χ2v) is 10.2. The van der Waals surface area contributed by atoms with Crippen LogP contribution in [0.15, 0.2) is 0 Å². The van der Waals surface area contributed by atoms with Crippen LogP contribution in [0.2, 0.25) is 0 Å². The van der Waals surface area contributed by atoms with Gasteiger partial charge in [-0.15, -0.1) is 0 Å². The average molecular weight is 366 g/mol. The highest BCUT2D eigenvalue weighted by molar-refractivity contribution is 5.89. The van der Waals surface area contributed by atoms with E-state index in [1.807, 2.05) is 6.92 Å². The normalized spacial score (nSPS) is 56.4. The summed E-state index contributed by atoms with van der Waals surface area (Å²) in [5, 5.41) is 41.9. The summed E-state index contributed by atoms with van der Waals surface area (Å²) in [6.07, 6.45) is 5.48. The molecular weight excluding hydrogens is 332 g/mol. The van der Waals surface area contributed by atoms with E-state index >= 15 is 0 Å². The minimum atomic E-state index is -1.52. The van der Waals surface area contributed by atoms with Crippen LogP contribution in [0.25, 0.3) is 0 Å². The first-order valence-electron chi connectivity index (χ1n) is 10.4. The fourth-order valence-corrected chi connectivity index (χ4v) is 7.95. The summed E-state index contributed by atoms with van der Waals surface area (Å²) in [4.78, 5) is 12.4. The summed E-state index contributed by atoms with van der Waals surface area (Å²) in [5.74, 6) is 0.653. The van der Waals surface area contributed by atoms with Gasteiger partial charge in [-0.1, -0.05) is 13.8 Å². The topological polar surface area (TPSA) is 98.0 Å². The molecule has 9 atom stereocenters. The predicted octanol–water partition coefficient (Wildman–Crippen LogP) is 1.65. The summed E-state index contributed by atoms with van der Waals surface area (Å²) < 4.78 is 0. The lowest BCUT2D eigenvalue weighted by atomic mass is 9.43. The second-order valence-electron chi connectivity index (χ2n) is 10.2. The molecule has 4 aliphatic rings. The second kappa shape index (κ2) is 6.00. The molecule has 4 fully saturated rings. The lowest BCUT2D eigenvalue weighted by molar-refractivity contribution is -0.202. The quantitative estimate of drug-likeness (QED) is 0.596. The predicted molar refractivity (Wildman–Crippen MR) is 96.2 cm³/mol. The van der Waals surface area contributed by atoms with Crippen molar-refractivity contribution >= 4 is 5.78 Å². The van der Waals surface area contributed by atoms with Crippen molar-refractivity contribution in [1.82, 2.24) is 0 Å². The number of rotatable bonds is 2. The minimum absolute atomic E-state index is 0.0323. The fourth-order valence-electron chi connectivity index (χ4n) is 7.95. The van der Waals surface area contributed by atoms with E-state index in [9.17, 15) is 25.2 Å². The molecule has 0 bridgehead atoms. The molecule has 0 saturated heterocycles. The number of fused-ring (bicyclic) bond motifs is 5. The number of hydrogen-bond acceptors (Lipinski definition) is 5. The lowest BCUT2D eigenvalue weighted by Crippen LogP contribution is -2.63. The number of Topliss-reactive ketones (excluding diaryl/α,β-unsaturated/α-hetero) is 1. The van der Waals surface area contributed by atoms with Crippen molar-refractivity contribution in [1.29, 1.82) is 0 Å². The Morgan fingerprint density at radius 3 is 2.50 bits per heavy atom. The van der Waals surface area contributed by atoms with Crippen LogP contribution in [0, 0.1) is 34.5 Å². The van der Waals surface area contributed by atoms with Gasteiger partial charge in [0.1, 0.15) is 12.2 Å². The summed E-state index contributed by atoms with van der Waals surface area (Å²) in [6, 6.07) is 0. The molecular formula is C21H34O5. The van der Waals surface area contributed by atoms with Crippen LogP contribution < -0.4 is 0 Å². The van der Waals surface area contributed by atoms with Crippen molar-refractivity contribution in [3.63, 3.8) is 0 Å². The van der Waals surface area contributed by atoms with E-state index in [1.165, 1.54) is 0 Å². The molecule has 5 heteroatoms. The van der Waals surface area contributed by atoms with Gasteiger partial charge in [0.15, 0.2) is 5.78 Å². The third kappa shape index (κ3) is 2.27. The Morgan fingerprint density at radius 1 is 1.08 bits per heavy atom. The van der Waals surface area contributed by atoms with Crippen molar-refractivity contribution < 1.29 is 25.2 Å². The first-order valence-corrected chi connectivity index (χ1v) is 10.4. The highest BCUT2D eigenvalue weighted by Gasteiger charge is 2.68. The summed E-state index contributed by atoms with van der Waals surface area (Å²) >= 11 is 0. The zero-order valence-corrected chi connectivity index (χ0v) is 16.0. The van der Waals surface area contributed by atoms with Crippen molar-refractivity contribution in [2.75, 3.05) is 6.61 Å². The van der Waals surface area contributed by atoms with Crippen molar-refractivity contribution in [3.8, 4) is 0 Å². The van der Waals surface area contributed by atoms with Crippen LogP contribution in [0.5, 0.6) is 0 Å². The van der Waals surface area contributed by atoms with Gasteiger partial charge in [0, 0.05) is 5.41 Å². The van der Waals surface area contributed by atoms with Gasteiger partial charge in [0.2, 0.25) is 0 Å². The largest absolute Gasteiger partial charge is 0.393 e. The Labute approximate surface area is 155 Å². The Hall–Kier alpha value is -0.490. The Kier molecular flexibility index (Phi) is 4.35. The molecule has 148 valence electrons.